The molecule has 2 aromatic carbocycles. The molecule has 2 aliphatic rings. The minimum atomic E-state index is -0.830. The van der Waals surface area contributed by atoms with Crippen molar-refractivity contribution in [1.82, 2.24) is 0 Å². The second-order valence-corrected chi connectivity index (χ2v) is 10.4. The number of amides is 2. The average molecular weight is 504 g/mol. The first-order valence-corrected chi connectivity index (χ1v) is 13.2. The molecule has 0 saturated carbocycles. The van der Waals surface area contributed by atoms with Gasteiger partial charge in [-0.3, -0.25) is 14.5 Å². The molecule has 2 aromatic rings. The van der Waals surface area contributed by atoms with Gasteiger partial charge in [0.2, 0.25) is 11.8 Å². The molecule has 1 aliphatic carbocycles. The lowest BCUT2D eigenvalue weighted by molar-refractivity contribution is -0.123. The minimum absolute atomic E-state index is 0.0711. The summed E-state index contributed by atoms with van der Waals surface area (Å²) in [6.45, 7) is 5.83. The topological polar surface area (TPSA) is 98.1 Å². The highest BCUT2D eigenvalue weighted by Gasteiger charge is 2.55. The number of aliphatic hydroxyl groups excluding tert-OH is 2. The van der Waals surface area contributed by atoms with E-state index in [1.54, 1.807) is 42.5 Å². The van der Waals surface area contributed by atoms with Crippen LogP contribution in [-0.2, 0) is 9.59 Å². The van der Waals surface area contributed by atoms with Gasteiger partial charge in [0.05, 0.1) is 30.2 Å². The van der Waals surface area contributed by atoms with Crippen LogP contribution in [0.15, 0.2) is 71.3 Å². The van der Waals surface area contributed by atoms with Crippen molar-refractivity contribution in [3.8, 4) is 5.75 Å². The van der Waals surface area contributed by atoms with Crippen molar-refractivity contribution >= 4 is 23.6 Å². The number of fused-ring (bicyclic) bond motifs is 1. The van der Waals surface area contributed by atoms with Gasteiger partial charge in [-0.25, -0.2) is 0 Å². The molecule has 196 valence electrons. The monoisotopic (exact) mass is 503 g/mol. The number of hydrogen-bond donors (Lipinski definition) is 3. The summed E-state index contributed by atoms with van der Waals surface area (Å²) < 4.78 is 0. The molecule has 1 fully saturated rings. The normalized spacial score (nSPS) is 23.1. The summed E-state index contributed by atoms with van der Waals surface area (Å²) in [6.07, 6.45) is 3.50. The van der Waals surface area contributed by atoms with E-state index in [2.05, 4.69) is 6.92 Å². The maximum absolute atomic E-state index is 13.6. The number of carbonyl (C=O) groups is 2. The van der Waals surface area contributed by atoms with E-state index in [-0.39, 0.29) is 30.1 Å². The first-order valence-electron chi connectivity index (χ1n) is 13.2. The zero-order valence-corrected chi connectivity index (χ0v) is 21.8. The van der Waals surface area contributed by atoms with E-state index in [1.165, 1.54) is 4.90 Å². The number of phenolic OH excluding ortho intramolecular Hbond substituents is 1. The van der Waals surface area contributed by atoms with Gasteiger partial charge in [0, 0.05) is 5.92 Å². The van der Waals surface area contributed by atoms with Crippen molar-refractivity contribution in [1.29, 1.82) is 0 Å². The van der Waals surface area contributed by atoms with Crippen LogP contribution in [-0.4, -0.2) is 39.8 Å². The molecular formula is C31H37NO5. The maximum Gasteiger partial charge on any atom is 0.238 e. The third-order valence-corrected chi connectivity index (χ3v) is 7.82. The van der Waals surface area contributed by atoms with Crippen LogP contribution in [0.3, 0.4) is 0 Å². The molecular weight excluding hydrogens is 466 g/mol. The zero-order valence-electron chi connectivity index (χ0n) is 21.8. The summed E-state index contributed by atoms with van der Waals surface area (Å²) in [7, 11) is 0. The Labute approximate surface area is 218 Å². The first-order chi connectivity index (χ1) is 17.8. The zero-order chi connectivity index (χ0) is 26.7. The number of rotatable bonds is 9. The van der Waals surface area contributed by atoms with Crippen molar-refractivity contribution < 1.29 is 24.9 Å². The Kier molecular flexibility index (Phi) is 8.30. The highest BCUT2D eigenvalue weighted by atomic mass is 16.3. The number of anilines is 1. The van der Waals surface area contributed by atoms with Gasteiger partial charge in [-0.15, -0.1) is 0 Å². The molecule has 2 amide bonds. The summed E-state index contributed by atoms with van der Waals surface area (Å²) >= 11 is 0. The van der Waals surface area contributed by atoms with Gasteiger partial charge in [-0.2, -0.15) is 0 Å². The van der Waals surface area contributed by atoms with Crippen molar-refractivity contribution in [3.05, 3.63) is 76.9 Å². The third kappa shape index (κ3) is 5.41. The predicted molar refractivity (Wildman–Crippen MR) is 145 cm³/mol. The quantitative estimate of drug-likeness (QED) is 0.327. The molecule has 6 nitrogen and oxygen atoms in total. The largest absolute Gasteiger partial charge is 0.508 e. The van der Waals surface area contributed by atoms with Crippen molar-refractivity contribution in [2.75, 3.05) is 11.5 Å². The van der Waals surface area contributed by atoms with Gasteiger partial charge in [0.1, 0.15) is 5.75 Å². The van der Waals surface area contributed by atoms with Crippen LogP contribution in [0.1, 0.15) is 52.0 Å². The molecule has 0 aromatic heterocycles. The fourth-order valence-electron chi connectivity index (χ4n) is 5.95. The molecule has 4 atom stereocenters. The Morgan fingerprint density at radius 3 is 2.43 bits per heavy atom. The highest BCUT2D eigenvalue weighted by Crippen LogP contribution is 2.48. The smallest absolute Gasteiger partial charge is 0.238 e. The molecule has 0 radical (unpaired) electrons. The molecule has 0 unspecified atom stereocenters. The molecule has 3 N–H and O–H groups in total. The average Bonchev–Trinajstić information content (AvgIpc) is 3.14. The van der Waals surface area contributed by atoms with E-state index in [0.717, 1.165) is 28.7 Å². The lowest BCUT2D eigenvalue weighted by Crippen LogP contribution is -2.39. The molecule has 1 heterocycles. The lowest BCUT2D eigenvalue weighted by atomic mass is 9.66. The van der Waals surface area contributed by atoms with Crippen molar-refractivity contribution in [2.45, 2.75) is 52.6 Å². The number of hydrogen-bond acceptors (Lipinski definition) is 5. The Bertz CT molecular complexity index is 1200. The van der Waals surface area contributed by atoms with E-state index in [0.29, 0.717) is 24.9 Å². The number of nitrogens with zero attached hydrogens (tertiary/aromatic N) is 1. The predicted octanol–water partition coefficient (Wildman–Crippen LogP) is 5.10. The van der Waals surface area contributed by atoms with Gasteiger partial charge < -0.3 is 15.3 Å². The number of allylic oxidation sites excluding steroid dienone is 2. The SMILES string of the molecule is CC/C(=C\c1cccc(O)c1)CC[C@@H](O)C1=C(C(C)C)C[C@H]2C(=O)N(c3ccccc3)C(=O)[C@H]2[C@H]1CO. The Morgan fingerprint density at radius 2 is 1.81 bits per heavy atom. The molecule has 4 rings (SSSR count). The summed E-state index contributed by atoms with van der Waals surface area (Å²) in [6, 6.07) is 16.0. The molecule has 6 heteroatoms. The van der Waals surface area contributed by atoms with Crippen LogP contribution in [0.2, 0.25) is 0 Å². The number of carbonyl (C=O) groups excluding carboxylic acids is 2. The van der Waals surface area contributed by atoms with Crippen molar-refractivity contribution in [3.63, 3.8) is 0 Å². The van der Waals surface area contributed by atoms with Crippen molar-refractivity contribution in [2.24, 2.45) is 23.7 Å². The number of aromatic hydroxyl groups is 1. The summed E-state index contributed by atoms with van der Waals surface area (Å²) in [5.41, 5.74) is 4.27. The van der Waals surface area contributed by atoms with E-state index >= 15 is 0 Å². The number of benzene rings is 2. The van der Waals surface area contributed by atoms with Gasteiger partial charge >= 0.3 is 0 Å². The third-order valence-electron chi connectivity index (χ3n) is 7.82. The van der Waals surface area contributed by atoms with Crippen LogP contribution in [0.5, 0.6) is 5.75 Å². The van der Waals surface area contributed by atoms with Crippen LogP contribution in [0.25, 0.3) is 6.08 Å². The van der Waals surface area contributed by atoms with Crippen LogP contribution in [0, 0.1) is 23.7 Å². The van der Waals surface area contributed by atoms with Gasteiger partial charge in [-0.05, 0) is 67.0 Å². The highest BCUT2D eigenvalue weighted by molar-refractivity contribution is 6.22. The van der Waals surface area contributed by atoms with E-state index in [4.69, 9.17) is 0 Å². The lowest BCUT2D eigenvalue weighted by Gasteiger charge is -2.38. The van der Waals surface area contributed by atoms with E-state index in [1.807, 2.05) is 32.1 Å². The summed E-state index contributed by atoms with van der Waals surface area (Å²) in [5, 5.41) is 31.7. The maximum atomic E-state index is 13.6. The fourth-order valence-corrected chi connectivity index (χ4v) is 5.95. The first kappa shape index (κ1) is 26.8. The van der Waals surface area contributed by atoms with Crippen LogP contribution >= 0.6 is 0 Å². The van der Waals surface area contributed by atoms with Gasteiger partial charge in [0.15, 0.2) is 0 Å². The summed E-state index contributed by atoms with van der Waals surface area (Å²) in [5.74, 6) is -2.06. The number of aliphatic hydroxyl groups is 2. The molecule has 37 heavy (non-hydrogen) atoms. The Balaban J connectivity index is 1.61. The van der Waals surface area contributed by atoms with Gasteiger partial charge in [0.25, 0.3) is 0 Å². The Morgan fingerprint density at radius 1 is 1.08 bits per heavy atom. The van der Waals surface area contributed by atoms with Crippen LogP contribution < -0.4 is 4.90 Å². The van der Waals surface area contributed by atoms with E-state index in [9.17, 15) is 24.9 Å². The standard InChI is InChI=1S/C31H37NO5/c1-4-20(15-21-9-8-12-23(34)16-21)13-14-27(35)28-24(19(2)3)17-25-29(26(28)18-33)31(37)32(30(25)36)22-10-6-5-7-11-22/h5-12,15-16,19,25-27,29,33-35H,4,13-14,17-18H2,1-3H3/b20-15+/t25-,26+,27-,29-/m1/s1. The number of imide groups is 1. The molecule has 0 spiro atoms. The van der Waals surface area contributed by atoms with Crippen LogP contribution in [0.4, 0.5) is 5.69 Å². The Hall–Kier alpha value is -3.22. The van der Waals surface area contributed by atoms with E-state index < -0.39 is 23.9 Å². The second-order valence-electron chi connectivity index (χ2n) is 10.4. The van der Waals surface area contributed by atoms with Gasteiger partial charge in [-0.1, -0.05) is 68.3 Å². The number of phenols is 1. The molecule has 1 aliphatic heterocycles. The minimum Gasteiger partial charge on any atom is -0.508 e. The number of para-hydroxylation sites is 1. The molecule has 0 bridgehead atoms. The second kappa shape index (κ2) is 11.4. The fraction of sp³-hybridized carbons (Fsp3) is 0.419. The molecule has 1 saturated heterocycles. The summed E-state index contributed by atoms with van der Waals surface area (Å²) in [4.78, 5) is 28.3.